The molecular weight excluding hydrogens is 389 g/mol. The Labute approximate surface area is 170 Å². The smallest absolute Gasteiger partial charge is 0.267 e. The SMILES string of the molecule is O=C(Nc1ncccc1OCc1ccncc1)c1ccc(-c2ccccc2F)s1. The van der Waals surface area contributed by atoms with Gasteiger partial charge in [-0.05, 0) is 48.0 Å². The number of amides is 1. The zero-order valence-electron chi connectivity index (χ0n) is 15.2. The first-order valence-corrected chi connectivity index (χ1v) is 9.65. The predicted octanol–water partition coefficient (Wildman–Crippen LogP) is 5.18. The molecule has 0 aliphatic heterocycles. The minimum Gasteiger partial charge on any atom is -0.485 e. The number of ether oxygens (including phenoxy) is 1. The maximum Gasteiger partial charge on any atom is 0.267 e. The van der Waals surface area contributed by atoms with Gasteiger partial charge in [0.05, 0.1) is 4.88 Å². The summed E-state index contributed by atoms with van der Waals surface area (Å²) in [6.45, 7) is 0.327. The number of halogens is 1. The van der Waals surface area contributed by atoms with Crippen LogP contribution >= 0.6 is 11.3 Å². The summed E-state index contributed by atoms with van der Waals surface area (Å²) in [6.07, 6.45) is 4.96. The summed E-state index contributed by atoms with van der Waals surface area (Å²) >= 11 is 1.22. The number of carbonyl (C=O) groups excluding carboxylic acids is 1. The Bertz CT molecular complexity index is 1130. The van der Waals surface area contributed by atoms with E-state index in [-0.39, 0.29) is 11.7 Å². The fourth-order valence-electron chi connectivity index (χ4n) is 2.68. The standard InChI is InChI=1S/C22H16FN3O2S/c23-17-5-2-1-4-16(17)19-7-8-20(29-19)22(27)26-21-18(6-3-11-25-21)28-14-15-9-12-24-13-10-15/h1-13H,14H2,(H,25,26,27). The van der Waals surface area contributed by atoms with Crippen LogP contribution in [0.2, 0.25) is 0 Å². The van der Waals surface area contributed by atoms with Gasteiger partial charge in [-0.1, -0.05) is 18.2 Å². The van der Waals surface area contributed by atoms with Gasteiger partial charge in [-0.15, -0.1) is 11.3 Å². The number of nitrogens with zero attached hydrogens (tertiary/aromatic N) is 2. The summed E-state index contributed by atoms with van der Waals surface area (Å²) in [7, 11) is 0. The molecule has 0 aliphatic rings. The minimum absolute atomic E-state index is 0.321. The summed E-state index contributed by atoms with van der Waals surface area (Å²) in [5.41, 5.74) is 1.42. The maximum absolute atomic E-state index is 14.0. The van der Waals surface area contributed by atoms with E-state index in [2.05, 4.69) is 15.3 Å². The lowest BCUT2D eigenvalue weighted by Gasteiger charge is -2.11. The van der Waals surface area contributed by atoms with E-state index in [0.29, 0.717) is 33.5 Å². The van der Waals surface area contributed by atoms with E-state index < -0.39 is 0 Å². The van der Waals surface area contributed by atoms with Gasteiger partial charge < -0.3 is 10.1 Å². The zero-order chi connectivity index (χ0) is 20.1. The number of rotatable bonds is 6. The van der Waals surface area contributed by atoms with Gasteiger partial charge in [0.1, 0.15) is 12.4 Å². The van der Waals surface area contributed by atoms with Gasteiger partial charge in [-0.25, -0.2) is 9.37 Å². The van der Waals surface area contributed by atoms with Gasteiger partial charge in [0, 0.05) is 29.0 Å². The van der Waals surface area contributed by atoms with Crippen LogP contribution in [0.5, 0.6) is 5.75 Å². The van der Waals surface area contributed by atoms with Gasteiger partial charge in [0.15, 0.2) is 11.6 Å². The van der Waals surface area contributed by atoms with Crippen molar-refractivity contribution in [3.05, 3.63) is 95.5 Å². The van der Waals surface area contributed by atoms with Crippen LogP contribution in [-0.2, 0) is 6.61 Å². The third-order valence-electron chi connectivity index (χ3n) is 4.12. The monoisotopic (exact) mass is 405 g/mol. The Kier molecular flexibility index (Phi) is 5.58. The highest BCUT2D eigenvalue weighted by atomic mass is 32.1. The predicted molar refractivity (Wildman–Crippen MR) is 110 cm³/mol. The first-order valence-electron chi connectivity index (χ1n) is 8.83. The fourth-order valence-corrected chi connectivity index (χ4v) is 3.60. The highest BCUT2D eigenvalue weighted by molar-refractivity contribution is 7.17. The third kappa shape index (κ3) is 4.47. The van der Waals surface area contributed by atoms with Gasteiger partial charge in [0.2, 0.25) is 0 Å². The second-order valence-electron chi connectivity index (χ2n) is 6.09. The van der Waals surface area contributed by atoms with Crippen LogP contribution in [0.25, 0.3) is 10.4 Å². The van der Waals surface area contributed by atoms with Gasteiger partial charge in [0.25, 0.3) is 5.91 Å². The quantitative estimate of drug-likeness (QED) is 0.480. The van der Waals surface area contributed by atoms with E-state index in [0.717, 1.165) is 5.56 Å². The molecule has 0 spiro atoms. The zero-order valence-corrected chi connectivity index (χ0v) is 16.0. The number of nitrogens with one attached hydrogen (secondary N) is 1. The number of anilines is 1. The van der Waals surface area contributed by atoms with Gasteiger partial charge in [-0.2, -0.15) is 0 Å². The fraction of sp³-hybridized carbons (Fsp3) is 0.0455. The van der Waals surface area contributed by atoms with Crippen molar-refractivity contribution >= 4 is 23.1 Å². The molecular formula is C22H16FN3O2S. The number of hydrogen-bond donors (Lipinski definition) is 1. The Hall–Kier alpha value is -3.58. The Morgan fingerprint density at radius 2 is 1.83 bits per heavy atom. The lowest BCUT2D eigenvalue weighted by atomic mass is 10.2. The molecule has 29 heavy (non-hydrogen) atoms. The number of benzene rings is 1. The lowest BCUT2D eigenvalue weighted by Crippen LogP contribution is -2.12. The summed E-state index contributed by atoms with van der Waals surface area (Å²) < 4.78 is 19.8. The van der Waals surface area contributed by atoms with Crippen LogP contribution in [0.1, 0.15) is 15.2 Å². The van der Waals surface area contributed by atoms with Gasteiger partial charge >= 0.3 is 0 Å². The first-order chi connectivity index (χ1) is 14.2. The van der Waals surface area contributed by atoms with Crippen molar-refractivity contribution in [2.75, 3.05) is 5.32 Å². The number of aromatic nitrogens is 2. The molecule has 0 aliphatic carbocycles. The van der Waals surface area contributed by atoms with E-state index >= 15 is 0 Å². The second kappa shape index (κ2) is 8.62. The van der Waals surface area contributed by atoms with Crippen molar-refractivity contribution in [3.63, 3.8) is 0 Å². The molecule has 4 aromatic rings. The highest BCUT2D eigenvalue weighted by Gasteiger charge is 2.15. The maximum atomic E-state index is 14.0. The number of thiophene rings is 1. The molecule has 0 saturated carbocycles. The number of pyridine rings is 2. The van der Waals surface area contributed by atoms with Crippen LogP contribution < -0.4 is 10.1 Å². The van der Waals surface area contributed by atoms with Crippen molar-refractivity contribution in [3.8, 4) is 16.2 Å². The molecule has 0 atom stereocenters. The summed E-state index contributed by atoms with van der Waals surface area (Å²) in [4.78, 5) is 22.0. The van der Waals surface area contributed by atoms with E-state index in [1.54, 1.807) is 61.1 Å². The van der Waals surface area contributed by atoms with Crippen molar-refractivity contribution < 1.29 is 13.9 Å². The molecule has 0 radical (unpaired) electrons. The topological polar surface area (TPSA) is 64.1 Å². The van der Waals surface area contributed by atoms with Crippen LogP contribution in [-0.4, -0.2) is 15.9 Å². The van der Waals surface area contributed by atoms with Crippen LogP contribution in [0.15, 0.2) is 79.3 Å². The largest absolute Gasteiger partial charge is 0.485 e. The van der Waals surface area contributed by atoms with E-state index in [1.165, 1.54) is 17.4 Å². The van der Waals surface area contributed by atoms with Crippen molar-refractivity contribution in [2.45, 2.75) is 6.61 Å². The van der Waals surface area contributed by atoms with Crippen molar-refractivity contribution in [1.29, 1.82) is 0 Å². The molecule has 0 unspecified atom stereocenters. The van der Waals surface area contributed by atoms with Crippen LogP contribution in [0, 0.1) is 5.82 Å². The minimum atomic E-state index is -0.329. The molecule has 4 rings (SSSR count). The molecule has 3 aromatic heterocycles. The number of hydrogen-bond acceptors (Lipinski definition) is 5. The molecule has 1 N–H and O–H groups in total. The van der Waals surface area contributed by atoms with E-state index in [4.69, 9.17) is 4.74 Å². The normalized spacial score (nSPS) is 10.5. The van der Waals surface area contributed by atoms with Crippen LogP contribution in [0.4, 0.5) is 10.2 Å². The van der Waals surface area contributed by atoms with Gasteiger partial charge in [-0.3, -0.25) is 9.78 Å². The molecule has 1 aromatic carbocycles. The summed E-state index contributed by atoms with van der Waals surface area (Å²) in [6, 6.07) is 17.1. The molecule has 3 heterocycles. The molecule has 0 fully saturated rings. The van der Waals surface area contributed by atoms with E-state index in [1.807, 2.05) is 12.1 Å². The summed E-state index contributed by atoms with van der Waals surface area (Å²) in [5.74, 6) is 0.138. The van der Waals surface area contributed by atoms with E-state index in [9.17, 15) is 9.18 Å². The number of carbonyl (C=O) groups is 1. The average molecular weight is 405 g/mol. The highest BCUT2D eigenvalue weighted by Crippen LogP contribution is 2.31. The molecule has 1 amide bonds. The molecule has 144 valence electrons. The Morgan fingerprint density at radius 3 is 2.66 bits per heavy atom. The molecule has 5 nitrogen and oxygen atoms in total. The first kappa shape index (κ1) is 18.8. The third-order valence-corrected chi connectivity index (χ3v) is 5.23. The van der Waals surface area contributed by atoms with Crippen molar-refractivity contribution in [2.24, 2.45) is 0 Å². The second-order valence-corrected chi connectivity index (χ2v) is 7.18. The lowest BCUT2D eigenvalue weighted by molar-refractivity contribution is 0.102. The molecule has 0 saturated heterocycles. The Morgan fingerprint density at radius 1 is 1.00 bits per heavy atom. The summed E-state index contributed by atoms with van der Waals surface area (Å²) in [5, 5.41) is 2.77. The Balaban J connectivity index is 1.48. The average Bonchev–Trinajstić information content (AvgIpc) is 3.24. The van der Waals surface area contributed by atoms with Crippen LogP contribution in [0.3, 0.4) is 0 Å². The molecule has 7 heteroatoms. The molecule has 0 bridgehead atoms. The van der Waals surface area contributed by atoms with Crippen molar-refractivity contribution in [1.82, 2.24) is 9.97 Å².